The van der Waals surface area contributed by atoms with Crippen molar-refractivity contribution in [2.75, 3.05) is 13.2 Å². The summed E-state index contributed by atoms with van der Waals surface area (Å²) in [4.78, 5) is 1.26. The predicted molar refractivity (Wildman–Crippen MR) is 59.5 cm³/mol. The molecule has 14 heavy (non-hydrogen) atoms. The molecular weight excluding hydrogens is 197 g/mol. The molecule has 1 N–H and O–H groups in total. The smallest absolute Gasteiger partial charge is 0.102 e. The van der Waals surface area contributed by atoms with Gasteiger partial charge in [-0.15, -0.1) is 11.3 Å². The van der Waals surface area contributed by atoms with Crippen molar-refractivity contribution in [1.82, 2.24) is 5.32 Å². The lowest BCUT2D eigenvalue weighted by Crippen LogP contribution is -2.14. The van der Waals surface area contributed by atoms with Crippen LogP contribution in [0.1, 0.15) is 4.88 Å². The van der Waals surface area contributed by atoms with E-state index in [0.717, 1.165) is 6.54 Å². The minimum atomic E-state index is -0.301. The number of fused-ring (bicyclic) bond motifs is 1. The lowest BCUT2D eigenvalue weighted by atomic mass is 10.2. The van der Waals surface area contributed by atoms with Gasteiger partial charge in [-0.3, -0.25) is 0 Å². The molecule has 0 spiro atoms. The Morgan fingerprint density at radius 2 is 2.14 bits per heavy atom. The first-order valence-corrected chi connectivity index (χ1v) is 5.46. The molecule has 0 unspecified atom stereocenters. The molecule has 1 aromatic heterocycles. The van der Waals surface area contributed by atoms with Crippen molar-refractivity contribution >= 4 is 21.4 Å². The van der Waals surface area contributed by atoms with Crippen LogP contribution in [-0.2, 0) is 6.54 Å². The van der Waals surface area contributed by atoms with Crippen molar-refractivity contribution in [2.24, 2.45) is 0 Å². The maximum atomic E-state index is 11.8. The first-order valence-electron chi connectivity index (χ1n) is 4.64. The molecule has 0 aliphatic carbocycles. The minimum absolute atomic E-state index is 0.301. The Hall–Kier alpha value is -0.930. The van der Waals surface area contributed by atoms with Crippen molar-refractivity contribution in [3.05, 3.63) is 35.2 Å². The molecule has 0 radical (unpaired) electrons. The highest BCUT2D eigenvalue weighted by Gasteiger charge is 1.99. The van der Waals surface area contributed by atoms with E-state index in [-0.39, 0.29) is 6.67 Å². The minimum Gasteiger partial charge on any atom is -0.309 e. The average molecular weight is 209 g/mol. The van der Waals surface area contributed by atoms with Gasteiger partial charge in [-0.25, -0.2) is 4.39 Å². The van der Waals surface area contributed by atoms with Gasteiger partial charge in [0.1, 0.15) is 6.67 Å². The normalized spacial score (nSPS) is 10.9. The number of hydrogen-bond donors (Lipinski definition) is 1. The van der Waals surface area contributed by atoms with Gasteiger partial charge in [0.05, 0.1) is 0 Å². The third-order valence-electron chi connectivity index (χ3n) is 2.05. The second-order valence-corrected chi connectivity index (χ2v) is 4.28. The van der Waals surface area contributed by atoms with Gasteiger partial charge >= 0.3 is 0 Å². The van der Waals surface area contributed by atoms with E-state index in [0.29, 0.717) is 6.54 Å². The van der Waals surface area contributed by atoms with Crippen LogP contribution in [0.15, 0.2) is 30.3 Å². The van der Waals surface area contributed by atoms with Crippen LogP contribution in [-0.4, -0.2) is 13.2 Å². The maximum absolute atomic E-state index is 11.8. The average Bonchev–Trinajstić information content (AvgIpc) is 2.60. The highest BCUT2D eigenvalue weighted by atomic mass is 32.1. The molecule has 2 aromatic rings. The molecule has 2 rings (SSSR count). The fourth-order valence-corrected chi connectivity index (χ4v) is 2.44. The van der Waals surface area contributed by atoms with Gasteiger partial charge in [0.15, 0.2) is 0 Å². The molecule has 0 fully saturated rings. The van der Waals surface area contributed by atoms with E-state index in [2.05, 4.69) is 23.5 Å². The van der Waals surface area contributed by atoms with E-state index in [1.807, 2.05) is 12.1 Å². The SMILES string of the molecule is FCCNCc1cc2ccccc2s1. The Bertz CT molecular complexity index is 377. The molecule has 0 saturated heterocycles. The molecule has 1 nitrogen and oxygen atoms in total. The summed E-state index contributed by atoms with van der Waals surface area (Å²) in [6, 6.07) is 10.4. The lowest BCUT2D eigenvalue weighted by Gasteiger charge is -1.96. The standard InChI is InChI=1S/C11H12FNS/c12-5-6-13-8-10-7-9-3-1-2-4-11(9)14-10/h1-4,7,13H,5-6,8H2. The summed E-state index contributed by atoms with van der Waals surface area (Å²) in [6.07, 6.45) is 0. The molecule has 0 bridgehead atoms. The summed E-state index contributed by atoms with van der Waals surface area (Å²) in [7, 11) is 0. The topological polar surface area (TPSA) is 12.0 Å². The first kappa shape index (κ1) is 9.62. The molecular formula is C11H12FNS. The van der Waals surface area contributed by atoms with Crippen LogP contribution < -0.4 is 5.32 Å². The molecule has 0 aliphatic rings. The van der Waals surface area contributed by atoms with Gasteiger partial charge in [-0.2, -0.15) is 0 Å². The fourth-order valence-electron chi connectivity index (χ4n) is 1.40. The Morgan fingerprint density at radius 1 is 1.29 bits per heavy atom. The Kier molecular flexibility index (Phi) is 3.11. The lowest BCUT2D eigenvalue weighted by molar-refractivity contribution is 0.467. The van der Waals surface area contributed by atoms with Gasteiger partial charge in [0, 0.05) is 22.7 Å². The van der Waals surface area contributed by atoms with Crippen LogP contribution >= 0.6 is 11.3 Å². The Labute approximate surface area is 86.6 Å². The van der Waals surface area contributed by atoms with Gasteiger partial charge in [0.2, 0.25) is 0 Å². The van der Waals surface area contributed by atoms with Crippen LogP contribution in [0, 0.1) is 0 Å². The Morgan fingerprint density at radius 3 is 2.93 bits per heavy atom. The van der Waals surface area contributed by atoms with Crippen molar-refractivity contribution in [3.63, 3.8) is 0 Å². The van der Waals surface area contributed by atoms with Crippen molar-refractivity contribution in [2.45, 2.75) is 6.54 Å². The Balaban J connectivity index is 2.11. The molecule has 74 valence electrons. The summed E-state index contributed by atoms with van der Waals surface area (Å²) in [5.41, 5.74) is 0. The van der Waals surface area contributed by atoms with Crippen LogP contribution in [0.4, 0.5) is 4.39 Å². The van der Waals surface area contributed by atoms with Crippen molar-refractivity contribution < 1.29 is 4.39 Å². The number of benzene rings is 1. The number of nitrogens with one attached hydrogen (secondary N) is 1. The van der Waals surface area contributed by atoms with E-state index in [4.69, 9.17) is 0 Å². The zero-order chi connectivity index (χ0) is 9.80. The highest BCUT2D eigenvalue weighted by molar-refractivity contribution is 7.19. The highest BCUT2D eigenvalue weighted by Crippen LogP contribution is 2.24. The van der Waals surface area contributed by atoms with Gasteiger partial charge < -0.3 is 5.32 Å². The zero-order valence-corrected chi connectivity index (χ0v) is 8.61. The molecule has 3 heteroatoms. The van der Waals surface area contributed by atoms with Crippen molar-refractivity contribution in [1.29, 1.82) is 0 Å². The number of halogens is 1. The van der Waals surface area contributed by atoms with Crippen LogP contribution in [0.2, 0.25) is 0 Å². The quantitative estimate of drug-likeness (QED) is 0.763. The molecule has 1 heterocycles. The summed E-state index contributed by atoms with van der Waals surface area (Å²) < 4.78 is 13.1. The number of hydrogen-bond acceptors (Lipinski definition) is 2. The number of rotatable bonds is 4. The number of thiophene rings is 1. The third-order valence-corrected chi connectivity index (χ3v) is 3.16. The third kappa shape index (κ3) is 2.11. The van der Waals surface area contributed by atoms with Crippen LogP contribution in [0.25, 0.3) is 10.1 Å². The monoisotopic (exact) mass is 209 g/mol. The first-order chi connectivity index (χ1) is 6.90. The second kappa shape index (κ2) is 4.53. The van der Waals surface area contributed by atoms with Gasteiger partial charge in [0.25, 0.3) is 0 Å². The van der Waals surface area contributed by atoms with E-state index in [1.54, 1.807) is 11.3 Å². The summed E-state index contributed by atoms with van der Waals surface area (Å²) in [6.45, 7) is 0.905. The molecule has 0 saturated carbocycles. The van der Waals surface area contributed by atoms with Crippen LogP contribution in [0.3, 0.4) is 0 Å². The van der Waals surface area contributed by atoms with Crippen LogP contribution in [0.5, 0.6) is 0 Å². The number of alkyl halides is 1. The van der Waals surface area contributed by atoms with E-state index >= 15 is 0 Å². The van der Waals surface area contributed by atoms with E-state index in [9.17, 15) is 4.39 Å². The molecule has 0 atom stereocenters. The zero-order valence-electron chi connectivity index (χ0n) is 7.79. The predicted octanol–water partition coefficient (Wildman–Crippen LogP) is 2.96. The second-order valence-electron chi connectivity index (χ2n) is 3.12. The van der Waals surface area contributed by atoms with E-state index < -0.39 is 0 Å². The fraction of sp³-hybridized carbons (Fsp3) is 0.273. The van der Waals surface area contributed by atoms with Gasteiger partial charge in [-0.1, -0.05) is 18.2 Å². The maximum Gasteiger partial charge on any atom is 0.102 e. The largest absolute Gasteiger partial charge is 0.309 e. The summed E-state index contributed by atoms with van der Waals surface area (Å²) in [5, 5.41) is 4.32. The summed E-state index contributed by atoms with van der Waals surface area (Å²) in [5.74, 6) is 0. The molecule has 1 aromatic carbocycles. The molecule has 0 amide bonds. The van der Waals surface area contributed by atoms with Gasteiger partial charge in [-0.05, 0) is 17.5 Å². The van der Waals surface area contributed by atoms with Crippen molar-refractivity contribution in [3.8, 4) is 0 Å². The summed E-state index contributed by atoms with van der Waals surface area (Å²) >= 11 is 1.76. The molecule has 0 aliphatic heterocycles. The van der Waals surface area contributed by atoms with E-state index in [1.165, 1.54) is 15.0 Å².